The van der Waals surface area contributed by atoms with Gasteiger partial charge in [0, 0.05) is 16.6 Å². The van der Waals surface area contributed by atoms with Gasteiger partial charge in [-0.15, -0.1) is 0 Å². The number of hydrogen-bond donors (Lipinski definition) is 3. The summed E-state index contributed by atoms with van der Waals surface area (Å²) in [6.07, 6.45) is 1.83. The average Bonchev–Trinajstić information content (AvgIpc) is 2.99. The van der Waals surface area contributed by atoms with Crippen molar-refractivity contribution in [2.75, 3.05) is 16.4 Å². The fraction of sp³-hybridized carbons (Fsp3) is 0.0435. The number of nitrogens with two attached hydrogens (primary N) is 1. The van der Waals surface area contributed by atoms with Crippen molar-refractivity contribution in [3.05, 3.63) is 84.6 Å². The highest BCUT2D eigenvalue weighted by molar-refractivity contribution is 5.92. The summed E-state index contributed by atoms with van der Waals surface area (Å²) in [5.41, 5.74) is 12.4. The van der Waals surface area contributed by atoms with E-state index in [9.17, 15) is 0 Å². The molecule has 4 nitrogen and oxygen atoms in total. The first-order valence-corrected chi connectivity index (χ1v) is 8.79. The van der Waals surface area contributed by atoms with E-state index in [1.54, 1.807) is 0 Å². The monoisotopic (exact) mass is 355 g/mol. The number of fused-ring (bicyclic) bond motifs is 1. The number of furan rings is 1. The van der Waals surface area contributed by atoms with Crippen LogP contribution in [0.3, 0.4) is 0 Å². The molecule has 0 amide bonds. The van der Waals surface area contributed by atoms with E-state index in [1.165, 1.54) is 0 Å². The Labute approximate surface area is 158 Å². The zero-order chi connectivity index (χ0) is 18.8. The molecule has 0 radical (unpaired) electrons. The lowest BCUT2D eigenvalue weighted by Crippen LogP contribution is -1.99. The Morgan fingerprint density at radius 2 is 1.56 bits per heavy atom. The largest absolute Gasteiger partial charge is 0.461 e. The standard InChI is InChI=1S/C23H21N3O/c1-3-17-15(2)27-23-13-12-16(14-18(17)23)25-21-10-6-7-11-22(21)26-20-9-5-4-8-19(20)24/h3-14,25-26H,1,24H2,2H3. The molecule has 0 spiro atoms. The van der Waals surface area contributed by atoms with Crippen LogP contribution in [0.4, 0.5) is 28.4 Å². The van der Waals surface area contributed by atoms with Gasteiger partial charge in [-0.3, -0.25) is 0 Å². The van der Waals surface area contributed by atoms with E-state index in [2.05, 4.69) is 23.3 Å². The van der Waals surface area contributed by atoms with E-state index in [0.29, 0.717) is 5.69 Å². The van der Waals surface area contributed by atoms with Gasteiger partial charge in [0.2, 0.25) is 0 Å². The molecule has 0 saturated carbocycles. The fourth-order valence-corrected chi connectivity index (χ4v) is 3.18. The van der Waals surface area contributed by atoms with E-state index in [1.807, 2.05) is 73.7 Å². The van der Waals surface area contributed by atoms with Crippen molar-refractivity contribution >= 4 is 45.5 Å². The summed E-state index contributed by atoms with van der Waals surface area (Å²) in [6.45, 7) is 5.85. The van der Waals surface area contributed by atoms with Crippen LogP contribution in [-0.4, -0.2) is 0 Å². The smallest absolute Gasteiger partial charge is 0.135 e. The van der Waals surface area contributed by atoms with Gasteiger partial charge in [-0.05, 0) is 49.4 Å². The van der Waals surface area contributed by atoms with Crippen LogP contribution in [-0.2, 0) is 0 Å². The zero-order valence-corrected chi connectivity index (χ0v) is 15.1. The van der Waals surface area contributed by atoms with Crippen molar-refractivity contribution in [3.8, 4) is 0 Å². The summed E-state index contributed by atoms with van der Waals surface area (Å²) in [4.78, 5) is 0. The van der Waals surface area contributed by atoms with Crippen LogP contribution in [0.25, 0.3) is 17.0 Å². The molecular formula is C23H21N3O. The van der Waals surface area contributed by atoms with Crippen LogP contribution in [0.5, 0.6) is 0 Å². The highest BCUT2D eigenvalue weighted by Gasteiger charge is 2.10. The third-order valence-electron chi connectivity index (χ3n) is 4.55. The average molecular weight is 355 g/mol. The molecule has 1 aromatic heterocycles. The van der Waals surface area contributed by atoms with Crippen LogP contribution in [0.2, 0.25) is 0 Å². The molecule has 0 aliphatic carbocycles. The number of nitrogen functional groups attached to an aromatic ring is 1. The Morgan fingerprint density at radius 1 is 0.889 bits per heavy atom. The number of nitrogens with one attached hydrogen (secondary N) is 2. The minimum absolute atomic E-state index is 0.707. The lowest BCUT2D eigenvalue weighted by atomic mass is 10.1. The van der Waals surface area contributed by atoms with Crippen molar-refractivity contribution in [2.24, 2.45) is 0 Å². The third-order valence-corrected chi connectivity index (χ3v) is 4.55. The first kappa shape index (κ1) is 16.8. The van der Waals surface area contributed by atoms with Gasteiger partial charge in [-0.2, -0.15) is 0 Å². The van der Waals surface area contributed by atoms with Crippen molar-refractivity contribution in [1.82, 2.24) is 0 Å². The van der Waals surface area contributed by atoms with Gasteiger partial charge in [0.05, 0.1) is 22.7 Å². The summed E-state index contributed by atoms with van der Waals surface area (Å²) in [7, 11) is 0. The summed E-state index contributed by atoms with van der Waals surface area (Å²) in [6, 6.07) is 21.8. The van der Waals surface area contributed by atoms with Crippen LogP contribution in [0.15, 0.2) is 77.7 Å². The van der Waals surface area contributed by atoms with Gasteiger partial charge in [0.25, 0.3) is 0 Å². The van der Waals surface area contributed by atoms with Gasteiger partial charge < -0.3 is 20.8 Å². The molecule has 0 fully saturated rings. The van der Waals surface area contributed by atoms with Crippen molar-refractivity contribution in [3.63, 3.8) is 0 Å². The Kier molecular flexibility index (Phi) is 4.30. The van der Waals surface area contributed by atoms with Crippen LogP contribution in [0, 0.1) is 6.92 Å². The topological polar surface area (TPSA) is 63.2 Å². The second-order valence-corrected chi connectivity index (χ2v) is 6.37. The highest BCUT2D eigenvalue weighted by atomic mass is 16.3. The lowest BCUT2D eigenvalue weighted by Gasteiger charge is -2.15. The maximum atomic E-state index is 6.06. The number of aryl methyl sites for hydroxylation is 1. The van der Waals surface area contributed by atoms with Gasteiger partial charge in [0.1, 0.15) is 11.3 Å². The minimum atomic E-state index is 0.707. The molecular weight excluding hydrogens is 334 g/mol. The molecule has 4 rings (SSSR count). The van der Waals surface area contributed by atoms with Gasteiger partial charge >= 0.3 is 0 Å². The number of hydrogen-bond acceptors (Lipinski definition) is 4. The summed E-state index contributed by atoms with van der Waals surface area (Å²) in [5, 5.41) is 7.93. The van der Waals surface area contributed by atoms with E-state index in [0.717, 1.165) is 45.0 Å². The molecule has 4 aromatic rings. The van der Waals surface area contributed by atoms with E-state index < -0.39 is 0 Å². The zero-order valence-electron chi connectivity index (χ0n) is 15.1. The first-order chi connectivity index (χ1) is 13.2. The molecule has 3 aromatic carbocycles. The van der Waals surface area contributed by atoms with Crippen LogP contribution >= 0.6 is 0 Å². The summed E-state index contributed by atoms with van der Waals surface area (Å²) < 4.78 is 5.79. The molecule has 4 heteroatoms. The van der Waals surface area contributed by atoms with Crippen molar-refractivity contribution in [2.45, 2.75) is 6.92 Å². The molecule has 27 heavy (non-hydrogen) atoms. The summed E-state index contributed by atoms with van der Waals surface area (Å²) in [5.74, 6) is 0.874. The van der Waals surface area contributed by atoms with E-state index in [4.69, 9.17) is 10.2 Å². The molecule has 0 saturated heterocycles. The number of para-hydroxylation sites is 4. The Balaban J connectivity index is 1.68. The second kappa shape index (κ2) is 6.92. The minimum Gasteiger partial charge on any atom is -0.461 e. The van der Waals surface area contributed by atoms with Crippen LogP contribution < -0.4 is 16.4 Å². The van der Waals surface area contributed by atoms with E-state index >= 15 is 0 Å². The first-order valence-electron chi connectivity index (χ1n) is 8.79. The third kappa shape index (κ3) is 3.25. The second-order valence-electron chi connectivity index (χ2n) is 6.37. The lowest BCUT2D eigenvalue weighted by molar-refractivity contribution is 0.577. The Morgan fingerprint density at radius 3 is 2.26 bits per heavy atom. The van der Waals surface area contributed by atoms with Crippen molar-refractivity contribution in [1.29, 1.82) is 0 Å². The fourth-order valence-electron chi connectivity index (χ4n) is 3.18. The number of benzene rings is 3. The van der Waals surface area contributed by atoms with Crippen molar-refractivity contribution < 1.29 is 4.42 Å². The highest BCUT2D eigenvalue weighted by Crippen LogP contribution is 2.33. The predicted molar refractivity (Wildman–Crippen MR) is 115 cm³/mol. The predicted octanol–water partition coefficient (Wildman–Crippen LogP) is 6.45. The molecule has 1 heterocycles. The Bertz CT molecular complexity index is 1130. The van der Waals surface area contributed by atoms with Gasteiger partial charge in [-0.1, -0.05) is 36.9 Å². The summed E-state index contributed by atoms with van der Waals surface area (Å²) >= 11 is 0. The molecule has 0 bridgehead atoms. The molecule has 0 atom stereocenters. The van der Waals surface area contributed by atoms with Crippen LogP contribution in [0.1, 0.15) is 11.3 Å². The van der Waals surface area contributed by atoms with E-state index in [-0.39, 0.29) is 0 Å². The normalized spacial score (nSPS) is 10.7. The molecule has 134 valence electrons. The quantitative estimate of drug-likeness (QED) is 0.360. The number of anilines is 5. The molecule has 0 aliphatic rings. The SMILES string of the molecule is C=Cc1c(C)oc2ccc(Nc3ccccc3Nc3ccccc3N)cc12. The molecule has 0 aliphatic heterocycles. The number of rotatable bonds is 5. The molecule has 4 N–H and O–H groups in total. The maximum absolute atomic E-state index is 6.06. The Hall–Kier alpha value is -3.66. The maximum Gasteiger partial charge on any atom is 0.135 e. The van der Waals surface area contributed by atoms with Gasteiger partial charge in [0.15, 0.2) is 0 Å². The molecule has 0 unspecified atom stereocenters. The van der Waals surface area contributed by atoms with Gasteiger partial charge in [-0.25, -0.2) is 0 Å².